The van der Waals surface area contributed by atoms with Gasteiger partial charge in [0.2, 0.25) is 0 Å². The summed E-state index contributed by atoms with van der Waals surface area (Å²) >= 11 is 0. The van der Waals surface area contributed by atoms with Crippen molar-refractivity contribution in [1.29, 1.82) is 0 Å². The smallest absolute Gasteiger partial charge is 0.0126 e. The summed E-state index contributed by atoms with van der Waals surface area (Å²) in [5.41, 5.74) is 0.790. The molecule has 0 aromatic carbocycles. The Balaban J connectivity index is 1.69. The molecule has 22 heavy (non-hydrogen) atoms. The quantitative estimate of drug-likeness (QED) is 0.771. The molecule has 0 radical (unpaired) electrons. The summed E-state index contributed by atoms with van der Waals surface area (Å²) in [5.74, 6) is 0. The van der Waals surface area contributed by atoms with E-state index in [1.165, 1.54) is 78.0 Å². The Labute approximate surface area is 139 Å². The van der Waals surface area contributed by atoms with Crippen LogP contribution in [0.15, 0.2) is 0 Å². The van der Waals surface area contributed by atoms with Gasteiger partial charge in [-0.15, -0.1) is 0 Å². The lowest BCUT2D eigenvalue weighted by Gasteiger charge is -2.43. The molecule has 0 atom stereocenters. The van der Waals surface area contributed by atoms with Crippen LogP contribution in [0.2, 0.25) is 0 Å². The predicted molar refractivity (Wildman–Crippen MR) is 96.5 cm³/mol. The molecular formula is C19H39N3. The Morgan fingerprint density at radius 2 is 1.27 bits per heavy atom. The molecule has 0 aliphatic carbocycles. The summed E-state index contributed by atoms with van der Waals surface area (Å²) in [7, 11) is 0. The van der Waals surface area contributed by atoms with Gasteiger partial charge < -0.3 is 9.80 Å². The molecule has 0 amide bonds. The molecule has 3 nitrogen and oxygen atoms in total. The molecule has 3 heteroatoms. The SMILES string of the molecule is CC(C)(CCN1CCN(C(C)(C)C)CC1)CN1CCCCC1. The van der Waals surface area contributed by atoms with Gasteiger partial charge >= 0.3 is 0 Å². The van der Waals surface area contributed by atoms with E-state index in [1.54, 1.807) is 0 Å². The minimum atomic E-state index is 0.333. The lowest BCUT2D eigenvalue weighted by molar-refractivity contribution is 0.0532. The third-order valence-corrected chi connectivity index (χ3v) is 5.53. The van der Waals surface area contributed by atoms with Gasteiger partial charge in [-0.2, -0.15) is 0 Å². The van der Waals surface area contributed by atoms with Gasteiger partial charge in [0, 0.05) is 38.3 Å². The average Bonchev–Trinajstić information content (AvgIpc) is 2.45. The molecule has 2 aliphatic rings. The van der Waals surface area contributed by atoms with E-state index >= 15 is 0 Å². The van der Waals surface area contributed by atoms with Gasteiger partial charge in [0.05, 0.1) is 0 Å². The van der Waals surface area contributed by atoms with Crippen molar-refractivity contribution < 1.29 is 0 Å². The first-order chi connectivity index (χ1) is 10.3. The fourth-order valence-electron chi connectivity index (χ4n) is 3.90. The fourth-order valence-corrected chi connectivity index (χ4v) is 3.90. The molecule has 0 aromatic heterocycles. The molecule has 0 spiro atoms. The second kappa shape index (κ2) is 7.63. The van der Waals surface area contributed by atoms with E-state index in [0.29, 0.717) is 11.0 Å². The molecule has 0 N–H and O–H groups in total. The standard InChI is InChI=1S/C19H39N3/c1-18(2,3)22-15-13-20(14-16-22)12-9-19(4,5)17-21-10-7-6-8-11-21/h6-17H2,1-5H3. The van der Waals surface area contributed by atoms with E-state index in [0.717, 1.165) is 0 Å². The van der Waals surface area contributed by atoms with Crippen molar-refractivity contribution in [2.45, 2.75) is 65.8 Å². The average molecular weight is 310 g/mol. The van der Waals surface area contributed by atoms with E-state index in [-0.39, 0.29) is 0 Å². The summed E-state index contributed by atoms with van der Waals surface area (Å²) in [6.07, 6.45) is 5.59. The Kier molecular flexibility index (Phi) is 6.32. The zero-order valence-corrected chi connectivity index (χ0v) is 15.8. The monoisotopic (exact) mass is 309 g/mol. The second-order valence-electron chi connectivity index (χ2n) is 9.25. The number of rotatable bonds is 5. The molecule has 0 bridgehead atoms. The number of piperazine rings is 1. The summed E-state index contributed by atoms with van der Waals surface area (Å²) < 4.78 is 0. The molecule has 2 rings (SSSR count). The van der Waals surface area contributed by atoms with Gasteiger partial charge in [-0.1, -0.05) is 20.3 Å². The maximum Gasteiger partial charge on any atom is 0.0126 e. The first kappa shape index (κ1) is 18.2. The van der Waals surface area contributed by atoms with Gasteiger partial charge in [0.1, 0.15) is 0 Å². The van der Waals surface area contributed by atoms with Crippen molar-refractivity contribution in [3.8, 4) is 0 Å². The van der Waals surface area contributed by atoms with Crippen molar-refractivity contribution >= 4 is 0 Å². The van der Waals surface area contributed by atoms with Crippen molar-refractivity contribution in [1.82, 2.24) is 14.7 Å². The van der Waals surface area contributed by atoms with Gasteiger partial charge in [-0.3, -0.25) is 4.90 Å². The molecule has 2 saturated heterocycles. The number of likely N-dealkylation sites (tertiary alicyclic amines) is 1. The van der Waals surface area contributed by atoms with Crippen LogP contribution in [0, 0.1) is 5.41 Å². The van der Waals surface area contributed by atoms with E-state index in [9.17, 15) is 0 Å². The third kappa shape index (κ3) is 5.82. The highest BCUT2D eigenvalue weighted by atomic mass is 15.3. The Hall–Kier alpha value is -0.120. The second-order valence-corrected chi connectivity index (χ2v) is 9.25. The van der Waals surface area contributed by atoms with Crippen LogP contribution in [0.4, 0.5) is 0 Å². The van der Waals surface area contributed by atoms with Crippen molar-refractivity contribution in [3.63, 3.8) is 0 Å². The van der Waals surface area contributed by atoms with Crippen LogP contribution in [0.5, 0.6) is 0 Å². The first-order valence-corrected chi connectivity index (χ1v) is 9.46. The topological polar surface area (TPSA) is 9.72 Å². The molecule has 0 aromatic rings. The lowest BCUT2D eigenvalue weighted by atomic mass is 9.87. The van der Waals surface area contributed by atoms with Crippen LogP contribution < -0.4 is 0 Å². The number of nitrogens with zero attached hydrogens (tertiary/aromatic N) is 3. The van der Waals surface area contributed by atoms with E-state index in [2.05, 4.69) is 49.3 Å². The van der Waals surface area contributed by atoms with E-state index < -0.39 is 0 Å². The maximum absolute atomic E-state index is 2.70. The van der Waals surface area contributed by atoms with Gasteiger partial charge in [-0.05, 0) is 65.1 Å². The molecule has 2 heterocycles. The summed E-state index contributed by atoms with van der Waals surface area (Å²) in [4.78, 5) is 8.00. The van der Waals surface area contributed by atoms with Crippen LogP contribution in [0.1, 0.15) is 60.3 Å². The largest absolute Gasteiger partial charge is 0.303 e. The molecule has 2 fully saturated rings. The predicted octanol–water partition coefficient (Wildman–Crippen LogP) is 3.30. The molecule has 2 aliphatic heterocycles. The number of hydrogen-bond donors (Lipinski definition) is 0. The van der Waals surface area contributed by atoms with Crippen molar-refractivity contribution in [2.24, 2.45) is 5.41 Å². The third-order valence-electron chi connectivity index (χ3n) is 5.53. The number of hydrogen-bond acceptors (Lipinski definition) is 3. The lowest BCUT2D eigenvalue weighted by Crippen LogP contribution is -2.53. The minimum Gasteiger partial charge on any atom is -0.303 e. The van der Waals surface area contributed by atoms with Crippen LogP contribution in [-0.4, -0.2) is 72.6 Å². The highest BCUT2D eigenvalue weighted by Crippen LogP contribution is 2.25. The van der Waals surface area contributed by atoms with Crippen molar-refractivity contribution in [2.75, 3.05) is 52.4 Å². The zero-order valence-electron chi connectivity index (χ0n) is 15.8. The van der Waals surface area contributed by atoms with E-state index in [1.807, 2.05) is 0 Å². The summed E-state index contributed by atoms with van der Waals surface area (Å²) in [5, 5.41) is 0. The molecule has 130 valence electrons. The zero-order chi connectivity index (χ0) is 16.2. The number of piperidine rings is 1. The highest BCUT2D eigenvalue weighted by Gasteiger charge is 2.28. The van der Waals surface area contributed by atoms with Crippen LogP contribution in [0.25, 0.3) is 0 Å². The Morgan fingerprint density at radius 3 is 1.82 bits per heavy atom. The summed E-state index contributed by atoms with van der Waals surface area (Å²) in [6.45, 7) is 22.1. The Bertz CT molecular complexity index is 318. The van der Waals surface area contributed by atoms with Gasteiger partial charge in [0.25, 0.3) is 0 Å². The van der Waals surface area contributed by atoms with Gasteiger partial charge in [-0.25, -0.2) is 0 Å². The van der Waals surface area contributed by atoms with Crippen LogP contribution in [-0.2, 0) is 0 Å². The molecule has 0 unspecified atom stereocenters. The van der Waals surface area contributed by atoms with Crippen LogP contribution in [0.3, 0.4) is 0 Å². The van der Waals surface area contributed by atoms with Crippen LogP contribution >= 0.6 is 0 Å². The maximum atomic E-state index is 2.70. The van der Waals surface area contributed by atoms with Crippen molar-refractivity contribution in [3.05, 3.63) is 0 Å². The first-order valence-electron chi connectivity index (χ1n) is 9.46. The molecular weight excluding hydrogens is 270 g/mol. The highest BCUT2D eigenvalue weighted by molar-refractivity contribution is 4.83. The normalized spacial score (nSPS) is 23.9. The summed E-state index contributed by atoms with van der Waals surface area (Å²) in [6, 6.07) is 0. The fraction of sp³-hybridized carbons (Fsp3) is 1.00. The minimum absolute atomic E-state index is 0.333. The molecule has 0 saturated carbocycles. The Morgan fingerprint density at radius 1 is 0.682 bits per heavy atom. The van der Waals surface area contributed by atoms with E-state index in [4.69, 9.17) is 0 Å². The van der Waals surface area contributed by atoms with Gasteiger partial charge in [0.15, 0.2) is 0 Å².